The summed E-state index contributed by atoms with van der Waals surface area (Å²) in [7, 11) is 0. The molecule has 2 saturated carbocycles. The van der Waals surface area contributed by atoms with Crippen LogP contribution >= 0.6 is 0 Å². The molecule has 0 bridgehead atoms. The molecule has 0 amide bonds. The van der Waals surface area contributed by atoms with E-state index >= 15 is 0 Å². The lowest BCUT2D eigenvalue weighted by atomic mass is 9.68. The quantitative estimate of drug-likeness (QED) is 0.202. The van der Waals surface area contributed by atoms with Gasteiger partial charge in [0.05, 0.1) is 0 Å². The Bertz CT molecular complexity index is 1120. The van der Waals surface area contributed by atoms with E-state index in [0.29, 0.717) is 11.8 Å². The van der Waals surface area contributed by atoms with Crippen LogP contribution < -0.4 is 0 Å². The molecule has 5 rings (SSSR count). The second-order valence-corrected chi connectivity index (χ2v) is 12.9. The number of unbranched alkanes of at least 4 members (excludes halogenated alkanes) is 5. The lowest BCUT2D eigenvalue weighted by Crippen LogP contribution is -2.25. The molecule has 1 aromatic heterocycles. The Balaban J connectivity index is 1.09. The van der Waals surface area contributed by atoms with Crippen LogP contribution in [0, 0.1) is 17.8 Å². The van der Waals surface area contributed by atoms with Crippen molar-refractivity contribution in [2.24, 2.45) is 17.8 Å². The van der Waals surface area contributed by atoms with Gasteiger partial charge in [0, 0.05) is 11.5 Å². The summed E-state index contributed by atoms with van der Waals surface area (Å²) in [6.45, 7) is 4.61. The molecule has 0 N–H and O–H groups in total. The van der Waals surface area contributed by atoms with Gasteiger partial charge in [-0.25, -0.2) is 0 Å². The highest BCUT2D eigenvalue weighted by atomic mass is 16.5. The zero-order valence-corrected chi connectivity index (χ0v) is 25.3. The fraction of sp³-hybridized carbons (Fsp3) is 0.622. The van der Waals surface area contributed by atoms with Crippen molar-refractivity contribution >= 4 is 0 Å². The molecule has 3 heteroatoms. The molecule has 3 aromatic rings. The van der Waals surface area contributed by atoms with Crippen molar-refractivity contribution in [3.63, 3.8) is 0 Å². The van der Waals surface area contributed by atoms with Crippen LogP contribution in [0.4, 0.5) is 0 Å². The summed E-state index contributed by atoms with van der Waals surface area (Å²) in [5.74, 6) is 4.92. The van der Waals surface area contributed by atoms with Crippen molar-refractivity contribution in [2.75, 3.05) is 0 Å². The first kappa shape index (κ1) is 29.1. The number of nitrogens with zero attached hydrogens (tertiary/aromatic N) is 2. The van der Waals surface area contributed by atoms with Crippen molar-refractivity contribution in [1.82, 2.24) is 10.1 Å². The Morgan fingerprint density at radius 2 is 1.20 bits per heavy atom. The van der Waals surface area contributed by atoms with E-state index in [0.717, 1.165) is 29.1 Å². The lowest BCUT2D eigenvalue weighted by Gasteiger charge is -2.37. The summed E-state index contributed by atoms with van der Waals surface area (Å²) in [4.78, 5) is 4.86. The molecular weight excluding hydrogens is 488 g/mol. The third-order valence-electron chi connectivity index (χ3n) is 10.1. The van der Waals surface area contributed by atoms with Gasteiger partial charge in [-0.3, -0.25) is 0 Å². The van der Waals surface area contributed by atoms with Crippen LogP contribution in [0.3, 0.4) is 0 Å². The molecule has 0 atom stereocenters. The number of aryl methyl sites for hydroxylation is 1. The monoisotopic (exact) mass is 540 g/mol. The van der Waals surface area contributed by atoms with E-state index in [9.17, 15) is 0 Å². The smallest absolute Gasteiger partial charge is 0.257 e. The summed E-state index contributed by atoms with van der Waals surface area (Å²) >= 11 is 0. The first-order chi connectivity index (χ1) is 19.7. The summed E-state index contributed by atoms with van der Waals surface area (Å²) < 4.78 is 5.75. The molecule has 0 unspecified atom stereocenters. The highest BCUT2D eigenvalue weighted by Crippen LogP contribution is 2.44. The summed E-state index contributed by atoms with van der Waals surface area (Å²) in [6.07, 6.45) is 23.1. The van der Waals surface area contributed by atoms with Crippen LogP contribution in [-0.4, -0.2) is 10.1 Å². The van der Waals surface area contributed by atoms with Gasteiger partial charge < -0.3 is 4.52 Å². The van der Waals surface area contributed by atoms with Gasteiger partial charge in [-0.15, -0.1) is 0 Å². The standard InChI is InChI=1S/C37H52N2O/c1-3-5-6-7-8-9-11-29-14-18-31(19-15-29)33-22-26-35(27-23-33)37-38-36(39-40-37)34-24-20-32(21-25-34)30-16-12-28(10-4-2)13-17-30/h14-15,18-19,22-23,26-28,30,32,34H,3-13,16-17,20-21,24-25H2,1-2H3. The van der Waals surface area contributed by atoms with Crippen LogP contribution in [0.2, 0.25) is 0 Å². The van der Waals surface area contributed by atoms with E-state index in [1.54, 1.807) is 0 Å². The molecule has 0 aliphatic heterocycles. The average molecular weight is 541 g/mol. The molecule has 0 radical (unpaired) electrons. The van der Waals surface area contributed by atoms with Gasteiger partial charge in [0.15, 0.2) is 5.82 Å². The third kappa shape index (κ3) is 7.86. The molecule has 2 aromatic carbocycles. The molecule has 0 spiro atoms. The molecule has 40 heavy (non-hydrogen) atoms. The normalized spacial score (nSPS) is 23.4. The van der Waals surface area contributed by atoms with Crippen molar-refractivity contribution in [2.45, 2.75) is 129 Å². The Hall–Kier alpha value is -2.42. The minimum atomic E-state index is 0.458. The Kier molecular flexibility index (Phi) is 10.9. The zero-order chi connectivity index (χ0) is 27.6. The van der Waals surface area contributed by atoms with E-state index in [1.807, 2.05) is 0 Å². The highest BCUT2D eigenvalue weighted by molar-refractivity contribution is 5.67. The second-order valence-electron chi connectivity index (χ2n) is 12.9. The Morgan fingerprint density at radius 3 is 1.85 bits per heavy atom. The van der Waals surface area contributed by atoms with Gasteiger partial charge in [0.25, 0.3) is 5.89 Å². The Labute approximate surface area is 243 Å². The molecule has 3 nitrogen and oxygen atoms in total. The van der Waals surface area contributed by atoms with Gasteiger partial charge in [0.1, 0.15) is 0 Å². The zero-order valence-electron chi connectivity index (χ0n) is 25.3. The van der Waals surface area contributed by atoms with Gasteiger partial charge in [-0.2, -0.15) is 4.98 Å². The van der Waals surface area contributed by atoms with Crippen LogP contribution in [0.25, 0.3) is 22.6 Å². The van der Waals surface area contributed by atoms with E-state index < -0.39 is 0 Å². The number of hydrogen-bond acceptors (Lipinski definition) is 3. The summed E-state index contributed by atoms with van der Waals surface area (Å²) in [6, 6.07) is 17.7. The fourth-order valence-corrected chi connectivity index (χ4v) is 7.50. The predicted molar refractivity (Wildman–Crippen MR) is 167 cm³/mol. The van der Waals surface area contributed by atoms with E-state index in [-0.39, 0.29) is 0 Å². The molecule has 2 aliphatic rings. The minimum absolute atomic E-state index is 0.458. The maximum Gasteiger partial charge on any atom is 0.257 e. The van der Waals surface area contributed by atoms with E-state index in [2.05, 4.69) is 67.5 Å². The van der Waals surface area contributed by atoms with Crippen molar-refractivity contribution in [3.8, 4) is 22.6 Å². The first-order valence-corrected chi connectivity index (χ1v) is 16.8. The SMILES string of the molecule is CCCCCCCCc1ccc(-c2ccc(-c3nc(C4CCC(C5CCC(CCC)CC5)CC4)no3)cc2)cc1. The number of rotatable bonds is 13. The van der Waals surface area contributed by atoms with Crippen LogP contribution in [0.15, 0.2) is 53.1 Å². The summed E-state index contributed by atoms with van der Waals surface area (Å²) in [5.41, 5.74) is 4.96. The number of hydrogen-bond donors (Lipinski definition) is 0. The fourth-order valence-electron chi connectivity index (χ4n) is 7.50. The molecule has 216 valence electrons. The van der Waals surface area contributed by atoms with Crippen LogP contribution in [-0.2, 0) is 6.42 Å². The molecule has 2 fully saturated rings. The first-order valence-electron chi connectivity index (χ1n) is 16.8. The number of benzene rings is 2. The topological polar surface area (TPSA) is 38.9 Å². The van der Waals surface area contributed by atoms with Crippen LogP contribution in [0.1, 0.15) is 134 Å². The third-order valence-corrected chi connectivity index (χ3v) is 10.1. The van der Waals surface area contributed by atoms with Crippen LogP contribution in [0.5, 0.6) is 0 Å². The van der Waals surface area contributed by atoms with Gasteiger partial charge in [-0.05, 0) is 97.9 Å². The van der Waals surface area contributed by atoms with Crippen molar-refractivity contribution < 1.29 is 4.52 Å². The van der Waals surface area contributed by atoms with E-state index in [1.165, 1.54) is 126 Å². The lowest BCUT2D eigenvalue weighted by molar-refractivity contribution is 0.155. The van der Waals surface area contributed by atoms with E-state index in [4.69, 9.17) is 9.51 Å². The second kappa shape index (κ2) is 15.0. The summed E-state index contributed by atoms with van der Waals surface area (Å²) in [5, 5.41) is 4.43. The highest BCUT2D eigenvalue weighted by Gasteiger charge is 2.32. The van der Waals surface area contributed by atoms with Gasteiger partial charge >= 0.3 is 0 Å². The average Bonchev–Trinajstić information content (AvgIpc) is 3.51. The van der Waals surface area contributed by atoms with Gasteiger partial charge in [-0.1, -0.05) is 113 Å². The van der Waals surface area contributed by atoms with Crippen molar-refractivity contribution in [3.05, 3.63) is 59.9 Å². The van der Waals surface area contributed by atoms with Gasteiger partial charge in [0.2, 0.25) is 0 Å². The number of aromatic nitrogens is 2. The molecular formula is C37H52N2O. The maximum absolute atomic E-state index is 5.75. The molecule has 0 saturated heterocycles. The predicted octanol–water partition coefficient (Wildman–Crippen LogP) is 11.2. The maximum atomic E-state index is 5.75. The van der Waals surface area contributed by atoms with Crippen molar-refractivity contribution in [1.29, 1.82) is 0 Å². The molecule has 1 heterocycles. The minimum Gasteiger partial charge on any atom is -0.334 e. The largest absolute Gasteiger partial charge is 0.334 e. The molecule has 2 aliphatic carbocycles. The Morgan fingerprint density at radius 1 is 0.625 bits per heavy atom.